The number of rotatable bonds is 8. The van der Waals surface area contributed by atoms with Crippen molar-refractivity contribution in [1.29, 1.82) is 0 Å². The summed E-state index contributed by atoms with van der Waals surface area (Å²) < 4.78 is 46.1. The summed E-state index contributed by atoms with van der Waals surface area (Å²) in [5, 5.41) is 0. The van der Waals surface area contributed by atoms with Crippen LogP contribution >= 0.6 is 6.49 Å². The fourth-order valence-electron chi connectivity index (χ4n) is 0.960. The predicted molar refractivity (Wildman–Crippen MR) is 62.3 cm³/mol. The van der Waals surface area contributed by atoms with Gasteiger partial charge in [-0.25, -0.2) is 0 Å². The molecule has 0 aromatic heterocycles. The van der Waals surface area contributed by atoms with Crippen molar-refractivity contribution < 1.29 is 22.2 Å². The van der Waals surface area contributed by atoms with Crippen LogP contribution in [-0.2, 0) is 20.9 Å². The second-order valence-corrected chi connectivity index (χ2v) is 7.26. The Kier molecular flexibility index (Phi) is 7.81. The van der Waals surface area contributed by atoms with Crippen LogP contribution in [0.4, 0.5) is 13.2 Å². The maximum absolute atomic E-state index is 12.0. The molecule has 1 atom stereocenters. The highest BCUT2D eigenvalue weighted by atomic mass is 32.5. The predicted octanol–water partition coefficient (Wildman–Crippen LogP) is 4.10. The Labute approximate surface area is 99.7 Å². The van der Waals surface area contributed by atoms with Gasteiger partial charge in [0.1, 0.15) is 6.61 Å². The maximum Gasteiger partial charge on any atom is 0.412 e. The Bertz CT molecular complexity index is 233. The normalized spacial score (nSPS) is 16.1. The van der Waals surface area contributed by atoms with Gasteiger partial charge in [-0.2, -0.15) is 13.2 Å². The molecule has 0 aliphatic heterocycles. The highest BCUT2D eigenvalue weighted by Crippen LogP contribution is 2.50. The Balaban J connectivity index is 4.16. The van der Waals surface area contributed by atoms with Crippen molar-refractivity contribution in [1.82, 2.24) is 0 Å². The maximum atomic E-state index is 12.0. The summed E-state index contributed by atoms with van der Waals surface area (Å²) in [5.74, 6) is 0. The topological polar surface area (TPSA) is 18.5 Å². The lowest BCUT2D eigenvalue weighted by Crippen LogP contribution is -2.17. The van der Waals surface area contributed by atoms with Gasteiger partial charge in [0.05, 0.1) is 6.61 Å². The number of hydrogen-bond acceptors (Lipinski definition) is 3. The summed E-state index contributed by atoms with van der Waals surface area (Å²) in [7, 11) is 0. The molecule has 0 spiro atoms. The fraction of sp³-hybridized carbons (Fsp3) is 1.00. The van der Waals surface area contributed by atoms with Crippen LogP contribution in [-0.4, -0.2) is 25.6 Å². The van der Waals surface area contributed by atoms with Crippen LogP contribution in [0.3, 0.4) is 0 Å². The molecule has 0 N–H and O–H groups in total. The SMILES string of the molecule is CCCCOP(=S)(CCC)OCC(F)(F)F. The monoisotopic (exact) mass is 278 g/mol. The lowest BCUT2D eigenvalue weighted by Gasteiger charge is -2.22. The molecule has 0 aliphatic rings. The lowest BCUT2D eigenvalue weighted by molar-refractivity contribution is -0.153. The third-order valence-electron chi connectivity index (χ3n) is 1.71. The van der Waals surface area contributed by atoms with E-state index in [9.17, 15) is 13.2 Å². The third kappa shape index (κ3) is 8.50. The minimum atomic E-state index is -4.34. The van der Waals surface area contributed by atoms with E-state index in [1.807, 2.05) is 13.8 Å². The molecule has 2 nitrogen and oxygen atoms in total. The summed E-state index contributed by atoms with van der Waals surface area (Å²) in [6.07, 6.45) is -1.58. The zero-order chi connectivity index (χ0) is 12.7. The Hall–Kier alpha value is 0.360. The van der Waals surface area contributed by atoms with Crippen LogP contribution in [0, 0.1) is 0 Å². The Morgan fingerprint density at radius 3 is 2.19 bits per heavy atom. The average Bonchev–Trinajstić information content (AvgIpc) is 2.15. The third-order valence-corrected chi connectivity index (χ3v) is 4.98. The molecule has 0 aliphatic carbocycles. The molecule has 0 radical (unpaired) electrons. The second kappa shape index (κ2) is 7.64. The quantitative estimate of drug-likeness (QED) is 0.492. The molecular weight excluding hydrogens is 260 g/mol. The van der Waals surface area contributed by atoms with Crippen LogP contribution in [0.15, 0.2) is 0 Å². The van der Waals surface area contributed by atoms with E-state index in [2.05, 4.69) is 0 Å². The van der Waals surface area contributed by atoms with Gasteiger partial charge >= 0.3 is 6.18 Å². The smallest absolute Gasteiger partial charge is 0.329 e. The van der Waals surface area contributed by atoms with Crippen molar-refractivity contribution in [2.45, 2.75) is 39.3 Å². The summed E-state index contributed by atoms with van der Waals surface area (Å²) >= 11 is 5.05. The Morgan fingerprint density at radius 2 is 1.75 bits per heavy atom. The van der Waals surface area contributed by atoms with E-state index in [0.717, 1.165) is 12.8 Å². The first kappa shape index (κ1) is 16.4. The first-order chi connectivity index (χ1) is 7.33. The van der Waals surface area contributed by atoms with Gasteiger partial charge in [-0.15, -0.1) is 0 Å². The summed E-state index contributed by atoms with van der Waals surface area (Å²) in [5.41, 5.74) is 0. The van der Waals surface area contributed by atoms with Crippen LogP contribution in [0.2, 0.25) is 0 Å². The molecule has 0 aromatic rings. The molecule has 0 amide bonds. The van der Waals surface area contributed by atoms with Crippen molar-refractivity contribution in [3.05, 3.63) is 0 Å². The van der Waals surface area contributed by atoms with Gasteiger partial charge in [0.2, 0.25) is 0 Å². The Morgan fingerprint density at radius 1 is 1.12 bits per heavy atom. The zero-order valence-electron chi connectivity index (χ0n) is 9.55. The molecule has 0 fully saturated rings. The van der Waals surface area contributed by atoms with Crippen LogP contribution in [0.5, 0.6) is 0 Å². The first-order valence-corrected chi connectivity index (χ1v) is 8.10. The van der Waals surface area contributed by atoms with E-state index >= 15 is 0 Å². The number of halogens is 3. The molecule has 0 saturated heterocycles. The fourth-order valence-corrected chi connectivity index (χ4v) is 3.52. The highest BCUT2D eigenvalue weighted by molar-refractivity contribution is 8.09. The molecular formula is C9H18F3O2PS. The molecule has 0 aromatic carbocycles. The van der Waals surface area contributed by atoms with Gasteiger partial charge in [-0.3, -0.25) is 0 Å². The van der Waals surface area contributed by atoms with Crippen molar-refractivity contribution in [3.63, 3.8) is 0 Å². The largest absolute Gasteiger partial charge is 0.412 e. The number of unbranched alkanes of at least 4 members (excludes halogenated alkanes) is 1. The summed E-state index contributed by atoms with van der Waals surface area (Å²) in [6.45, 7) is 0.163. The van der Waals surface area contributed by atoms with Crippen LogP contribution in [0.25, 0.3) is 0 Å². The molecule has 0 rings (SSSR count). The summed E-state index contributed by atoms with van der Waals surface area (Å²) in [6, 6.07) is 0. The van der Waals surface area contributed by atoms with Gasteiger partial charge in [0, 0.05) is 6.16 Å². The average molecular weight is 278 g/mol. The van der Waals surface area contributed by atoms with Crippen LogP contribution < -0.4 is 0 Å². The molecule has 0 saturated carbocycles. The number of hydrogen-bond donors (Lipinski definition) is 0. The standard InChI is InChI=1S/C9H18F3O2PS/c1-3-5-6-13-15(16,7-4-2)14-8-9(10,11)12/h3-8H2,1-2H3. The van der Waals surface area contributed by atoms with E-state index < -0.39 is 19.3 Å². The van der Waals surface area contributed by atoms with E-state index in [1.165, 1.54) is 0 Å². The number of alkyl halides is 3. The molecule has 1 unspecified atom stereocenters. The highest BCUT2D eigenvalue weighted by Gasteiger charge is 2.31. The van der Waals surface area contributed by atoms with Crippen LogP contribution in [0.1, 0.15) is 33.1 Å². The lowest BCUT2D eigenvalue weighted by atomic mass is 10.4. The van der Waals surface area contributed by atoms with E-state index in [-0.39, 0.29) is 0 Å². The van der Waals surface area contributed by atoms with E-state index in [1.54, 1.807) is 0 Å². The van der Waals surface area contributed by atoms with Crippen molar-refractivity contribution in [2.75, 3.05) is 19.4 Å². The molecule has 16 heavy (non-hydrogen) atoms. The summed E-state index contributed by atoms with van der Waals surface area (Å²) in [4.78, 5) is 0. The molecule has 7 heteroatoms. The minimum absolute atomic E-state index is 0.381. The van der Waals surface area contributed by atoms with Gasteiger partial charge < -0.3 is 9.05 Å². The minimum Gasteiger partial charge on any atom is -0.329 e. The van der Waals surface area contributed by atoms with Crippen molar-refractivity contribution in [3.8, 4) is 0 Å². The molecule has 0 heterocycles. The van der Waals surface area contributed by atoms with Gasteiger partial charge in [-0.05, 0) is 24.6 Å². The van der Waals surface area contributed by atoms with E-state index in [4.69, 9.17) is 20.9 Å². The molecule has 0 bridgehead atoms. The van der Waals surface area contributed by atoms with Gasteiger partial charge in [0.15, 0.2) is 6.49 Å². The van der Waals surface area contributed by atoms with Crippen molar-refractivity contribution >= 4 is 18.3 Å². The zero-order valence-corrected chi connectivity index (χ0v) is 11.3. The van der Waals surface area contributed by atoms with E-state index in [0.29, 0.717) is 19.2 Å². The second-order valence-electron chi connectivity index (χ2n) is 3.41. The van der Waals surface area contributed by atoms with Gasteiger partial charge in [0.25, 0.3) is 0 Å². The molecule has 98 valence electrons. The van der Waals surface area contributed by atoms with Crippen molar-refractivity contribution in [2.24, 2.45) is 0 Å². The first-order valence-electron chi connectivity index (χ1n) is 5.28. The van der Waals surface area contributed by atoms with Gasteiger partial charge in [-0.1, -0.05) is 20.3 Å².